The molecule has 1 fully saturated rings. The zero-order chi connectivity index (χ0) is 11.2. The number of nitrogens with zero attached hydrogens (tertiary/aromatic N) is 1. The summed E-state index contributed by atoms with van der Waals surface area (Å²) in [7, 11) is 0. The molecule has 4 heteroatoms. The highest BCUT2D eigenvalue weighted by Gasteiger charge is 2.20. The number of nitrogens with one attached hydrogen (secondary N) is 1. The van der Waals surface area contributed by atoms with E-state index in [4.69, 9.17) is 0 Å². The Bertz CT molecular complexity index is 353. The average molecular weight is 236 g/mol. The lowest BCUT2D eigenvalue weighted by Crippen LogP contribution is -2.28. The number of rotatable bonds is 3. The van der Waals surface area contributed by atoms with Crippen molar-refractivity contribution in [2.45, 2.75) is 32.1 Å². The Balaban J connectivity index is 1.78. The largest absolute Gasteiger partial charge is 0.273 e. The van der Waals surface area contributed by atoms with E-state index in [-0.39, 0.29) is 11.8 Å². The van der Waals surface area contributed by atoms with Crippen LogP contribution in [0.3, 0.4) is 0 Å². The second-order valence-corrected chi connectivity index (χ2v) is 4.91. The summed E-state index contributed by atoms with van der Waals surface area (Å²) in [6.07, 6.45) is 7.33. The zero-order valence-electron chi connectivity index (χ0n) is 9.19. The van der Waals surface area contributed by atoms with Crippen molar-refractivity contribution in [2.75, 3.05) is 0 Å². The summed E-state index contributed by atoms with van der Waals surface area (Å²) in [5, 5.41) is 7.96. The third-order valence-electron chi connectivity index (χ3n) is 2.91. The first kappa shape index (κ1) is 11.3. The summed E-state index contributed by atoms with van der Waals surface area (Å²) in [5.74, 6) is 0.250. The number of thiophene rings is 1. The topological polar surface area (TPSA) is 41.5 Å². The Hall–Kier alpha value is -1.16. The van der Waals surface area contributed by atoms with E-state index >= 15 is 0 Å². The molecule has 0 saturated heterocycles. The predicted molar refractivity (Wildman–Crippen MR) is 66.6 cm³/mol. The van der Waals surface area contributed by atoms with E-state index in [1.54, 1.807) is 17.6 Å². The molecule has 86 valence electrons. The molecule has 0 spiro atoms. The maximum atomic E-state index is 11.7. The molecule has 1 aliphatic rings. The molecule has 0 aliphatic heterocycles. The quantitative estimate of drug-likeness (QED) is 0.636. The lowest BCUT2D eigenvalue weighted by molar-refractivity contribution is -0.125. The van der Waals surface area contributed by atoms with E-state index in [0.29, 0.717) is 0 Å². The monoisotopic (exact) mass is 236 g/mol. The number of amides is 1. The average Bonchev–Trinajstić information content (AvgIpc) is 2.83. The number of carbonyl (C=O) groups excluding carboxylic acids is 1. The highest BCUT2D eigenvalue weighted by Crippen LogP contribution is 2.23. The second-order valence-electron chi connectivity index (χ2n) is 4.13. The number of hydrogen-bond acceptors (Lipinski definition) is 3. The summed E-state index contributed by atoms with van der Waals surface area (Å²) < 4.78 is 0. The van der Waals surface area contributed by atoms with E-state index in [1.165, 1.54) is 19.3 Å². The Labute approximate surface area is 99.6 Å². The maximum absolute atomic E-state index is 11.7. The van der Waals surface area contributed by atoms with Crippen LogP contribution >= 0.6 is 11.3 Å². The third kappa shape index (κ3) is 3.17. The van der Waals surface area contributed by atoms with Gasteiger partial charge in [-0.3, -0.25) is 4.79 Å². The highest BCUT2D eigenvalue weighted by atomic mass is 32.1. The molecule has 16 heavy (non-hydrogen) atoms. The van der Waals surface area contributed by atoms with Crippen LogP contribution in [0.15, 0.2) is 21.9 Å². The molecule has 1 amide bonds. The Kier molecular flexibility index (Phi) is 4.10. The number of hydrazone groups is 1. The summed E-state index contributed by atoms with van der Waals surface area (Å²) in [6, 6.07) is 1.97. The van der Waals surface area contributed by atoms with Crippen LogP contribution in [0.25, 0.3) is 0 Å². The molecule has 0 bridgehead atoms. The molecule has 1 aliphatic carbocycles. The predicted octanol–water partition coefficient (Wildman–Crippen LogP) is 2.78. The van der Waals surface area contributed by atoms with Crippen molar-refractivity contribution in [3.8, 4) is 0 Å². The van der Waals surface area contributed by atoms with Gasteiger partial charge in [0.05, 0.1) is 6.21 Å². The van der Waals surface area contributed by atoms with Crippen LogP contribution < -0.4 is 5.43 Å². The van der Waals surface area contributed by atoms with Crippen molar-refractivity contribution in [1.29, 1.82) is 0 Å². The third-order valence-corrected chi connectivity index (χ3v) is 3.61. The molecule has 1 N–H and O–H groups in total. The van der Waals surface area contributed by atoms with Gasteiger partial charge in [0.15, 0.2) is 0 Å². The number of carbonyl (C=O) groups is 1. The summed E-state index contributed by atoms with van der Waals surface area (Å²) >= 11 is 1.62. The van der Waals surface area contributed by atoms with Gasteiger partial charge in [0.25, 0.3) is 0 Å². The Morgan fingerprint density at radius 1 is 1.44 bits per heavy atom. The number of hydrogen-bond donors (Lipinski definition) is 1. The summed E-state index contributed by atoms with van der Waals surface area (Å²) in [4.78, 5) is 11.7. The van der Waals surface area contributed by atoms with E-state index in [9.17, 15) is 4.79 Å². The molecule has 1 saturated carbocycles. The van der Waals surface area contributed by atoms with Gasteiger partial charge < -0.3 is 0 Å². The van der Waals surface area contributed by atoms with Crippen molar-refractivity contribution >= 4 is 23.5 Å². The Morgan fingerprint density at radius 2 is 2.25 bits per heavy atom. The van der Waals surface area contributed by atoms with Crippen molar-refractivity contribution in [3.63, 3.8) is 0 Å². The molecule has 0 atom stereocenters. The SMILES string of the molecule is O=C(NN=Cc1ccsc1)C1CCCCC1. The molecule has 0 aromatic carbocycles. The van der Waals surface area contributed by atoms with E-state index in [1.807, 2.05) is 16.8 Å². The maximum Gasteiger partial charge on any atom is 0.243 e. The standard InChI is InChI=1S/C12H16N2OS/c15-12(11-4-2-1-3-5-11)14-13-8-10-6-7-16-9-10/h6-9,11H,1-5H2,(H,14,15). The van der Waals surface area contributed by atoms with Crippen molar-refractivity contribution in [2.24, 2.45) is 11.0 Å². The molecule has 0 unspecified atom stereocenters. The van der Waals surface area contributed by atoms with Crippen LogP contribution in [0.2, 0.25) is 0 Å². The normalized spacial score (nSPS) is 17.8. The van der Waals surface area contributed by atoms with E-state index in [2.05, 4.69) is 10.5 Å². The minimum Gasteiger partial charge on any atom is -0.273 e. The molecule has 1 heterocycles. The smallest absolute Gasteiger partial charge is 0.243 e. The molecular weight excluding hydrogens is 220 g/mol. The van der Waals surface area contributed by atoms with Crippen molar-refractivity contribution in [1.82, 2.24) is 5.43 Å². The van der Waals surface area contributed by atoms with Gasteiger partial charge in [-0.15, -0.1) is 0 Å². The van der Waals surface area contributed by atoms with Crippen molar-refractivity contribution in [3.05, 3.63) is 22.4 Å². The fraction of sp³-hybridized carbons (Fsp3) is 0.500. The van der Waals surface area contributed by atoms with Crippen LogP contribution in [0.4, 0.5) is 0 Å². The lowest BCUT2D eigenvalue weighted by Gasteiger charge is -2.19. The van der Waals surface area contributed by atoms with Gasteiger partial charge in [0.2, 0.25) is 5.91 Å². The van der Waals surface area contributed by atoms with Crippen LogP contribution in [-0.4, -0.2) is 12.1 Å². The highest BCUT2D eigenvalue weighted by molar-refractivity contribution is 7.08. The molecule has 1 aromatic heterocycles. The van der Waals surface area contributed by atoms with Gasteiger partial charge >= 0.3 is 0 Å². The molecule has 1 aromatic rings. The van der Waals surface area contributed by atoms with Gasteiger partial charge in [0.1, 0.15) is 0 Å². The van der Waals surface area contributed by atoms with Gasteiger partial charge in [0, 0.05) is 11.5 Å². The van der Waals surface area contributed by atoms with Gasteiger partial charge in [-0.1, -0.05) is 19.3 Å². The first-order valence-electron chi connectivity index (χ1n) is 5.71. The van der Waals surface area contributed by atoms with Crippen LogP contribution in [0.5, 0.6) is 0 Å². The first-order valence-corrected chi connectivity index (χ1v) is 6.65. The molecule has 0 radical (unpaired) electrons. The lowest BCUT2D eigenvalue weighted by atomic mass is 9.89. The molecular formula is C12H16N2OS. The van der Waals surface area contributed by atoms with E-state index in [0.717, 1.165) is 18.4 Å². The van der Waals surface area contributed by atoms with Crippen LogP contribution in [-0.2, 0) is 4.79 Å². The van der Waals surface area contributed by atoms with Gasteiger partial charge in [-0.2, -0.15) is 16.4 Å². The van der Waals surface area contributed by atoms with Gasteiger partial charge in [-0.25, -0.2) is 5.43 Å². The van der Waals surface area contributed by atoms with Gasteiger partial charge in [-0.05, 0) is 29.7 Å². The molecule has 2 rings (SSSR count). The fourth-order valence-electron chi connectivity index (χ4n) is 1.97. The molecule has 3 nitrogen and oxygen atoms in total. The second kappa shape index (κ2) is 5.80. The summed E-state index contributed by atoms with van der Waals surface area (Å²) in [5.41, 5.74) is 3.66. The Morgan fingerprint density at radius 3 is 2.94 bits per heavy atom. The minimum atomic E-state index is 0.0752. The summed E-state index contributed by atoms with van der Waals surface area (Å²) in [6.45, 7) is 0. The first-order chi connectivity index (χ1) is 7.86. The zero-order valence-corrected chi connectivity index (χ0v) is 10.0. The van der Waals surface area contributed by atoms with Crippen LogP contribution in [0, 0.1) is 5.92 Å². The van der Waals surface area contributed by atoms with Crippen LogP contribution in [0.1, 0.15) is 37.7 Å². The minimum absolute atomic E-state index is 0.0752. The van der Waals surface area contributed by atoms with E-state index < -0.39 is 0 Å². The van der Waals surface area contributed by atoms with Crippen molar-refractivity contribution < 1.29 is 4.79 Å². The fourth-order valence-corrected chi connectivity index (χ4v) is 2.59.